The highest BCUT2D eigenvalue weighted by atomic mass is 31.2. The van der Waals surface area contributed by atoms with E-state index in [1.807, 2.05) is 27.7 Å². The summed E-state index contributed by atoms with van der Waals surface area (Å²) in [6.07, 6.45) is -0.398. The van der Waals surface area contributed by atoms with Gasteiger partial charge in [-0.05, 0) is 45.9 Å². The van der Waals surface area contributed by atoms with Gasteiger partial charge in [-0.25, -0.2) is 0 Å². The van der Waals surface area contributed by atoms with Gasteiger partial charge in [-0.15, -0.1) is 0 Å². The fraction of sp³-hybridized carbons (Fsp3) is 0.538. The van der Waals surface area contributed by atoms with E-state index in [2.05, 4.69) is 0 Å². The van der Waals surface area contributed by atoms with Gasteiger partial charge in [-0.3, -0.25) is 4.57 Å². The van der Waals surface area contributed by atoms with Crippen LogP contribution in [0.4, 0.5) is 0 Å². The maximum atomic E-state index is 12.9. The molecular weight excluding hydrogens is 267 g/mol. The van der Waals surface area contributed by atoms with Crippen LogP contribution in [-0.4, -0.2) is 19.0 Å². The zero-order valence-corrected chi connectivity index (χ0v) is 12.5. The second kappa shape index (κ2) is 5.53. The number of hydrogen-bond donors (Lipinski definition) is 0. The summed E-state index contributed by atoms with van der Waals surface area (Å²) in [4.78, 5) is 0. The molecule has 0 saturated carbocycles. The summed E-state index contributed by atoms with van der Waals surface area (Å²) in [6, 6.07) is 5.07. The third-order valence-electron chi connectivity index (χ3n) is 2.37. The lowest BCUT2D eigenvalue weighted by Gasteiger charge is -2.23. The Bertz CT molecular complexity index is 484. The van der Waals surface area contributed by atoms with Crippen molar-refractivity contribution in [3.63, 3.8) is 0 Å². The Morgan fingerprint density at radius 1 is 1.05 bits per heavy atom. The lowest BCUT2D eigenvalue weighted by Crippen LogP contribution is -2.16. The highest BCUT2D eigenvalue weighted by molar-refractivity contribution is 7.62. The molecule has 0 unspecified atom stereocenters. The summed E-state index contributed by atoms with van der Waals surface area (Å²) in [7, 11) is -3.35. The molecule has 1 heterocycles. The third kappa shape index (κ3) is 3.30. The summed E-state index contributed by atoms with van der Waals surface area (Å²) in [5, 5.41) is 0.485. The number of ether oxygens (including phenoxy) is 2. The highest BCUT2D eigenvalue weighted by Crippen LogP contribution is 2.50. The van der Waals surface area contributed by atoms with Crippen LogP contribution < -0.4 is 14.8 Å². The Kier molecular flexibility index (Phi) is 4.19. The first-order valence-electron chi connectivity index (χ1n) is 6.28. The number of benzene rings is 1. The average molecular weight is 286 g/mol. The van der Waals surface area contributed by atoms with E-state index in [-0.39, 0.29) is 19.0 Å². The van der Waals surface area contributed by atoms with Crippen LogP contribution in [0.3, 0.4) is 0 Å². The van der Waals surface area contributed by atoms with Gasteiger partial charge in [0.25, 0.3) is 0 Å². The Balaban J connectivity index is 2.35. The molecule has 1 aliphatic rings. The lowest BCUT2D eigenvalue weighted by atomic mass is 10.3. The minimum Gasteiger partial charge on any atom is -0.454 e. The van der Waals surface area contributed by atoms with E-state index in [0.717, 1.165) is 0 Å². The maximum Gasteiger partial charge on any atom is 0.361 e. The monoisotopic (exact) mass is 286 g/mol. The first-order valence-corrected chi connectivity index (χ1v) is 7.82. The molecule has 1 aromatic carbocycles. The molecule has 6 heteroatoms. The van der Waals surface area contributed by atoms with E-state index in [1.165, 1.54) is 0 Å². The highest BCUT2D eigenvalue weighted by Gasteiger charge is 2.32. The Morgan fingerprint density at radius 3 is 2.21 bits per heavy atom. The lowest BCUT2D eigenvalue weighted by molar-refractivity contribution is 0.150. The van der Waals surface area contributed by atoms with Gasteiger partial charge in [0.05, 0.1) is 17.5 Å². The summed E-state index contributed by atoms with van der Waals surface area (Å²) in [5.74, 6) is 1.21. The molecule has 0 saturated heterocycles. The molecule has 5 nitrogen and oxygen atoms in total. The molecule has 0 aliphatic carbocycles. The number of fused-ring (bicyclic) bond motifs is 1. The predicted molar refractivity (Wildman–Crippen MR) is 72.2 cm³/mol. The van der Waals surface area contributed by atoms with Crippen LogP contribution in [0.25, 0.3) is 0 Å². The van der Waals surface area contributed by atoms with Crippen LogP contribution in [0, 0.1) is 0 Å². The molecule has 1 aliphatic heterocycles. The van der Waals surface area contributed by atoms with Crippen molar-refractivity contribution >= 4 is 12.9 Å². The molecule has 0 atom stereocenters. The molecule has 0 N–H and O–H groups in total. The molecule has 19 heavy (non-hydrogen) atoms. The molecule has 0 aromatic heterocycles. The second-order valence-electron chi connectivity index (χ2n) is 4.84. The summed E-state index contributed by atoms with van der Waals surface area (Å²) in [5.41, 5.74) is 0. The van der Waals surface area contributed by atoms with E-state index in [4.69, 9.17) is 18.5 Å². The van der Waals surface area contributed by atoms with Crippen molar-refractivity contribution in [1.29, 1.82) is 0 Å². The van der Waals surface area contributed by atoms with Crippen molar-refractivity contribution in [3.8, 4) is 11.5 Å². The number of hydrogen-bond acceptors (Lipinski definition) is 5. The van der Waals surface area contributed by atoms with Crippen molar-refractivity contribution in [2.45, 2.75) is 39.9 Å². The van der Waals surface area contributed by atoms with Crippen molar-refractivity contribution in [2.24, 2.45) is 0 Å². The molecule has 0 fully saturated rings. The van der Waals surface area contributed by atoms with E-state index >= 15 is 0 Å². The Labute approximate surface area is 113 Å². The summed E-state index contributed by atoms with van der Waals surface area (Å²) in [6.45, 7) is 7.47. The van der Waals surface area contributed by atoms with Crippen LogP contribution in [-0.2, 0) is 13.6 Å². The van der Waals surface area contributed by atoms with E-state index < -0.39 is 7.60 Å². The Morgan fingerprint density at radius 2 is 1.63 bits per heavy atom. The largest absolute Gasteiger partial charge is 0.454 e. The van der Waals surface area contributed by atoms with Gasteiger partial charge < -0.3 is 18.5 Å². The summed E-state index contributed by atoms with van der Waals surface area (Å²) < 4.78 is 34.5. The molecule has 106 valence electrons. The van der Waals surface area contributed by atoms with Gasteiger partial charge in [0, 0.05) is 0 Å². The van der Waals surface area contributed by atoms with Gasteiger partial charge in [-0.2, -0.15) is 0 Å². The number of rotatable bonds is 5. The minimum absolute atomic E-state index is 0.180. The molecular formula is C13H19O5P. The SMILES string of the molecule is CC(C)OP(=O)(OC(C)C)c1ccc2c(c1)OCO2. The van der Waals surface area contributed by atoms with Crippen LogP contribution in [0.5, 0.6) is 11.5 Å². The van der Waals surface area contributed by atoms with Crippen molar-refractivity contribution < 1.29 is 23.1 Å². The first-order chi connectivity index (χ1) is 8.90. The molecule has 0 radical (unpaired) electrons. The van der Waals surface area contributed by atoms with E-state index in [9.17, 15) is 4.57 Å². The third-order valence-corrected chi connectivity index (χ3v) is 4.68. The fourth-order valence-electron chi connectivity index (χ4n) is 1.76. The van der Waals surface area contributed by atoms with Gasteiger partial charge in [0.1, 0.15) is 0 Å². The van der Waals surface area contributed by atoms with E-state index in [0.29, 0.717) is 16.8 Å². The quantitative estimate of drug-likeness (QED) is 0.778. The van der Waals surface area contributed by atoms with Gasteiger partial charge in [0.2, 0.25) is 6.79 Å². The maximum absolute atomic E-state index is 12.9. The standard InChI is InChI=1S/C13H19O5P/c1-9(2)17-19(14,18-10(3)4)11-5-6-12-13(7-11)16-8-15-12/h5-7,9-10H,8H2,1-4H3. The zero-order valence-electron chi connectivity index (χ0n) is 11.6. The van der Waals surface area contributed by atoms with E-state index in [1.54, 1.807) is 18.2 Å². The smallest absolute Gasteiger partial charge is 0.361 e. The molecule has 0 amide bonds. The topological polar surface area (TPSA) is 54.0 Å². The minimum atomic E-state index is -3.35. The van der Waals surface area contributed by atoms with Gasteiger partial charge >= 0.3 is 7.60 Å². The van der Waals surface area contributed by atoms with Crippen molar-refractivity contribution in [3.05, 3.63) is 18.2 Å². The molecule has 2 rings (SSSR count). The average Bonchev–Trinajstić information content (AvgIpc) is 2.73. The fourth-order valence-corrected chi connectivity index (χ4v) is 3.69. The van der Waals surface area contributed by atoms with Crippen LogP contribution >= 0.6 is 7.60 Å². The molecule has 1 aromatic rings. The molecule has 0 bridgehead atoms. The van der Waals surface area contributed by atoms with Crippen LogP contribution in [0.15, 0.2) is 18.2 Å². The van der Waals surface area contributed by atoms with Gasteiger partial charge in [-0.1, -0.05) is 0 Å². The van der Waals surface area contributed by atoms with Crippen LogP contribution in [0.1, 0.15) is 27.7 Å². The first kappa shape index (κ1) is 14.4. The zero-order chi connectivity index (χ0) is 14.0. The second-order valence-corrected chi connectivity index (χ2v) is 6.78. The normalized spacial score (nSPS) is 14.4. The summed E-state index contributed by atoms with van der Waals surface area (Å²) >= 11 is 0. The van der Waals surface area contributed by atoms with Crippen molar-refractivity contribution in [2.75, 3.05) is 6.79 Å². The van der Waals surface area contributed by atoms with Crippen molar-refractivity contribution in [1.82, 2.24) is 0 Å². The molecule has 0 spiro atoms. The van der Waals surface area contributed by atoms with Gasteiger partial charge in [0.15, 0.2) is 11.5 Å². The Hall–Kier alpha value is -1.03. The van der Waals surface area contributed by atoms with Crippen LogP contribution in [0.2, 0.25) is 0 Å². The predicted octanol–water partition coefficient (Wildman–Crippen LogP) is 3.08.